The minimum Gasteiger partial charge on any atom is -0.493 e. The van der Waals surface area contributed by atoms with Gasteiger partial charge in [0, 0.05) is 18.5 Å². The molecule has 0 spiro atoms. The van der Waals surface area contributed by atoms with Crippen molar-refractivity contribution in [2.24, 2.45) is 0 Å². The van der Waals surface area contributed by atoms with Gasteiger partial charge in [-0.1, -0.05) is 0 Å². The summed E-state index contributed by atoms with van der Waals surface area (Å²) in [6.45, 7) is 1.80. The minimum atomic E-state index is -0.178. The summed E-state index contributed by atoms with van der Waals surface area (Å²) in [5, 5.41) is 9.27. The van der Waals surface area contributed by atoms with E-state index in [-0.39, 0.29) is 11.8 Å². The third-order valence-electron chi connectivity index (χ3n) is 1.85. The van der Waals surface area contributed by atoms with E-state index in [1.807, 2.05) is 0 Å². The number of aromatic hydroxyl groups is 1. The van der Waals surface area contributed by atoms with Crippen molar-refractivity contribution in [2.75, 3.05) is 5.73 Å². The van der Waals surface area contributed by atoms with Crippen LogP contribution in [0.1, 0.15) is 5.69 Å². The molecule has 15 heavy (non-hydrogen) atoms. The molecule has 2 rings (SSSR count). The first kappa shape index (κ1) is 9.32. The summed E-state index contributed by atoms with van der Waals surface area (Å²) in [5.74, 6) is -0.169. The molecule has 0 aliphatic rings. The fraction of sp³-hybridized carbons (Fsp3) is 0.111. The highest BCUT2D eigenvalue weighted by atomic mass is 16.3. The first-order chi connectivity index (χ1) is 7.16. The second-order valence-corrected chi connectivity index (χ2v) is 2.96. The lowest BCUT2D eigenvalue weighted by Gasteiger charge is -2.03. The molecule has 2 aromatic rings. The summed E-state index contributed by atoms with van der Waals surface area (Å²) in [7, 11) is 0. The van der Waals surface area contributed by atoms with Crippen LogP contribution in [0.2, 0.25) is 0 Å². The van der Waals surface area contributed by atoms with Crippen molar-refractivity contribution in [1.29, 1.82) is 0 Å². The normalized spacial score (nSPS) is 10.2. The van der Waals surface area contributed by atoms with Gasteiger partial charge in [-0.15, -0.1) is 0 Å². The first-order valence-electron chi connectivity index (χ1n) is 4.28. The van der Waals surface area contributed by atoms with Crippen molar-refractivity contribution >= 4 is 5.95 Å². The molecule has 0 fully saturated rings. The Morgan fingerprint density at radius 3 is 2.60 bits per heavy atom. The molecule has 0 radical (unpaired) electrons. The molecule has 3 N–H and O–H groups in total. The zero-order valence-corrected chi connectivity index (χ0v) is 8.05. The maximum atomic E-state index is 9.27. The number of nitrogens with two attached hydrogens (primary N) is 1. The van der Waals surface area contributed by atoms with Crippen LogP contribution < -0.4 is 5.73 Å². The molecular weight excluding hydrogens is 194 g/mol. The quantitative estimate of drug-likeness (QED) is 0.701. The van der Waals surface area contributed by atoms with E-state index in [2.05, 4.69) is 19.9 Å². The van der Waals surface area contributed by atoms with Gasteiger partial charge in [-0.2, -0.15) is 4.98 Å². The minimum absolute atomic E-state index is 0.00931. The molecule has 2 heterocycles. The van der Waals surface area contributed by atoms with E-state index in [1.54, 1.807) is 19.3 Å². The average molecular weight is 203 g/mol. The van der Waals surface area contributed by atoms with E-state index in [0.29, 0.717) is 11.4 Å². The van der Waals surface area contributed by atoms with E-state index in [0.717, 1.165) is 5.69 Å². The molecule has 0 aliphatic heterocycles. The summed E-state index contributed by atoms with van der Waals surface area (Å²) in [6.07, 6.45) is 3.14. The molecule has 6 heteroatoms. The van der Waals surface area contributed by atoms with Gasteiger partial charge in [0.1, 0.15) is 5.69 Å². The number of anilines is 1. The maximum Gasteiger partial charge on any atom is 0.223 e. The van der Waals surface area contributed by atoms with Crippen LogP contribution in [0.25, 0.3) is 11.4 Å². The lowest BCUT2D eigenvalue weighted by molar-refractivity contribution is 0.453. The van der Waals surface area contributed by atoms with Gasteiger partial charge in [-0.25, -0.2) is 4.98 Å². The van der Waals surface area contributed by atoms with Gasteiger partial charge in [0.15, 0.2) is 0 Å². The van der Waals surface area contributed by atoms with Crippen LogP contribution in [0.4, 0.5) is 5.95 Å². The van der Waals surface area contributed by atoms with Gasteiger partial charge in [0.2, 0.25) is 11.8 Å². The van der Waals surface area contributed by atoms with Crippen molar-refractivity contribution in [3.8, 4) is 17.3 Å². The Morgan fingerprint density at radius 1 is 1.20 bits per heavy atom. The Labute approximate surface area is 85.9 Å². The predicted octanol–water partition coefficient (Wildman–Crippen LogP) is 0.530. The molecule has 0 atom stereocenters. The number of nitrogens with zero attached hydrogens (tertiary/aromatic N) is 4. The van der Waals surface area contributed by atoms with Crippen LogP contribution in [0.3, 0.4) is 0 Å². The SMILES string of the molecule is Cc1nccnc1-c1cc(O)nc(N)n1. The van der Waals surface area contributed by atoms with Crippen LogP contribution in [0.15, 0.2) is 18.5 Å². The van der Waals surface area contributed by atoms with Crippen molar-refractivity contribution in [3.63, 3.8) is 0 Å². The molecule has 2 aromatic heterocycles. The topological polar surface area (TPSA) is 97.8 Å². The van der Waals surface area contributed by atoms with Gasteiger partial charge in [0.25, 0.3) is 0 Å². The zero-order valence-electron chi connectivity index (χ0n) is 8.05. The Hall–Kier alpha value is -2.24. The highest BCUT2D eigenvalue weighted by Gasteiger charge is 2.08. The Bertz CT molecular complexity index is 479. The zero-order chi connectivity index (χ0) is 10.8. The third-order valence-corrected chi connectivity index (χ3v) is 1.85. The fourth-order valence-electron chi connectivity index (χ4n) is 1.23. The predicted molar refractivity (Wildman–Crippen MR) is 53.9 cm³/mol. The standard InChI is InChI=1S/C9H9N5O/c1-5-8(12-3-2-11-5)6-4-7(15)14-9(10)13-6/h2-4H,1H3,(H3,10,13,14,15). The maximum absolute atomic E-state index is 9.27. The molecule has 0 saturated heterocycles. The summed E-state index contributed by atoms with van der Waals surface area (Å²) >= 11 is 0. The second-order valence-electron chi connectivity index (χ2n) is 2.96. The van der Waals surface area contributed by atoms with E-state index in [1.165, 1.54) is 6.07 Å². The van der Waals surface area contributed by atoms with Crippen LogP contribution in [-0.4, -0.2) is 25.0 Å². The number of nitrogen functional groups attached to an aromatic ring is 1. The second kappa shape index (κ2) is 3.49. The lowest BCUT2D eigenvalue weighted by Crippen LogP contribution is -1.99. The average Bonchev–Trinajstić information content (AvgIpc) is 2.16. The van der Waals surface area contributed by atoms with Gasteiger partial charge >= 0.3 is 0 Å². The van der Waals surface area contributed by atoms with Crippen LogP contribution in [0.5, 0.6) is 5.88 Å². The summed E-state index contributed by atoms with van der Waals surface area (Å²) in [6, 6.07) is 1.40. The van der Waals surface area contributed by atoms with E-state index >= 15 is 0 Å². The van der Waals surface area contributed by atoms with E-state index < -0.39 is 0 Å². The van der Waals surface area contributed by atoms with Crippen LogP contribution in [0, 0.1) is 6.92 Å². The highest BCUT2D eigenvalue weighted by Crippen LogP contribution is 2.20. The van der Waals surface area contributed by atoms with Crippen molar-refractivity contribution in [1.82, 2.24) is 19.9 Å². The molecule has 0 unspecified atom stereocenters. The number of rotatable bonds is 1. The Morgan fingerprint density at radius 2 is 1.93 bits per heavy atom. The lowest BCUT2D eigenvalue weighted by atomic mass is 10.2. The molecule has 0 saturated carbocycles. The van der Waals surface area contributed by atoms with Crippen LogP contribution in [-0.2, 0) is 0 Å². The molecular formula is C9H9N5O. The summed E-state index contributed by atoms with van der Waals surface area (Å²) < 4.78 is 0. The van der Waals surface area contributed by atoms with Crippen molar-refractivity contribution in [3.05, 3.63) is 24.2 Å². The molecule has 0 bridgehead atoms. The Balaban J connectivity index is 2.59. The smallest absolute Gasteiger partial charge is 0.223 e. The van der Waals surface area contributed by atoms with Gasteiger partial charge < -0.3 is 10.8 Å². The van der Waals surface area contributed by atoms with Gasteiger partial charge in [0.05, 0.1) is 11.4 Å². The molecule has 76 valence electrons. The largest absolute Gasteiger partial charge is 0.493 e. The molecule has 0 aromatic carbocycles. The highest BCUT2D eigenvalue weighted by molar-refractivity contribution is 5.58. The number of hydrogen-bond acceptors (Lipinski definition) is 6. The Kier molecular flexibility index (Phi) is 2.17. The van der Waals surface area contributed by atoms with Crippen molar-refractivity contribution in [2.45, 2.75) is 6.92 Å². The van der Waals surface area contributed by atoms with Crippen LogP contribution >= 0.6 is 0 Å². The third kappa shape index (κ3) is 1.83. The summed E-state index contributed by atoms with van der Waals surface area (Å²) in [4.78, 5) is 15.7. The molecule has 0 aliphatic carbocycles. The number of hydrogen-bond donors (Lipinski definition) is 2. The van der Waals surface area contributed by atoms with E-state index in [9.17, 15) is 5.11 Å². The van der Waals surface area contributed by atoms with Gasteiger partial charge in [-0.05, 0) is 6.92 Å². The van der Waals surface area contributed by atoms with Gasteiger partial charge in [-0.3, -0.25) is 9.97 Å². The number of aryl methyl sites for hydroxylation is 1. The first-order valence-corrected chi connectivity index (χ1v) is 4.28. The van der Waals surface area contributed by atoms with E-state index in [4.69, 9.17) is 5.73 Å². The fourth-order valence-corrected chi connectivity index (χ4v) is 1.23. The molecule has 0 amide bonds. The summed E-state index contributed by atoms with van der Waals surface area (Å²) in [5.41, 5.74) is 7.18. The monoisotopic (exact) mass is 203 g/mol. The van der Waals surface area contributed by atoms with Crippen molar-refractivity contribution < 1.29 is 5.11 Å². The molecule has 6 nitrogen and oxygen atoms in total. The number of aromatic nitrogens is 4.